The molecule has 5 nitrogen and oxygen atoms in total. The van der Waals surface area contributed by atoms with Crippen molar-refractivity contribution in [1.29, 1.82) is 0 Å². The summed E-state index contributed by atoms with van der Waals surface area (Å²) in [6, 6.07) is 11.4. The second kappa shape index (κ2) is 7.81. The van der Waals surface area contributed by atoms with Crippen molar-refractivity contribution in [2.24, 2.45) is 0 Å². The maximum atomic E-state index is 12.3. The van der Waals surface area contributed by atoms with Gasteiger partial charge in [0.15, 0.2) is 6.61 Å². The van der Waals surface area contributed by atoms with Gasteiger partial charge in [0, 0.05) is 38.3 Å². The molecule has 126 valence electrons. The van der Waals surface area contributed by atoms with Crippen LogP contribution in [-0.4, -0.2) is 41.6 Å². The predicted molar refractivity (Wildman–Crippen MR) is 91.1 cm³/mol. The lowest BCUT2D eigenvalue weighted by molar-refractivity contribution is -0.135. The van der Waals surface area contributed by atoms with Crippen LogP contribution < -0.4 is 9.47 Å². The molecule has 1 saturated heterocycles. The van der Waals surface area contributed by atoms with Crippen molar-refractivity contribution in [3.05, 3.63) is 54.4 Å². The Kier molecular flexibility index (Phi) is 5.31. The molecule has 1 fully saturated rings. The quantitative estimate of drug-likeness (QED) is 0.848. The lowest BCUT2D eigenvalue weighted by Crippen LogP contribution is -2.43. The van der Waals surface area contributed by atoms with E-state index in [0.29, 0.717) is 13.1 Å². The normalized spacial score (nSPS) is 15.1. The zero-order valence-corrected chi connectivity index (χ0v) is 13.9. The van der Waals surface area contributed by atoms with Gasteiger partial charge in [-0.15, -0.1) is 0 Å². The third-order valence-electron chi connectivity index (χ3n) is 4.10. The van der Waals surface area contributed by atoms with Gasteiger partial charge >= 0.3 is 0 Å². The van der Waals surface area contributed by atoms with Crippen molar-refractivity contribution in [2.45, 2.75) is 25.9 Å². The van der Waals surface area contributed by atoms with Crippen molar-refractivity contribution in [3.63, 3.8) is 0 Å². The fourth-order valence-corrected chi connectivity index (χ4v) is 2.77. The summed E-state index contributed by atoms with van der Waals surface area (Å²) in [5, 5.41) is 0. The number of benzene rings is 1. The van der Waals surface area contributed by atoms with Crippen LogP contribution in [0.5, 0.6) is 11.5 Å². The molecule has 0 atom stereocenters. The number of aryl methyl sites for hydroxylation is 1. The molecule has 0 bridgehead atoms. The minimum absolute atomic E-state index is 0.0267. The summed E-state index contributed by atoms with van der Waals surface area (Å²) >= 11 is 0. The van der Waals surface area contributed by atoms with Crippen LogP contribution in [0.1, 0.15) is 18.4 Å². The van der Waals surface area contributed by atoms with Crippen LogP contribution in [0.25, 0.3) is 0 Å². The van der Waals surface area contributed by atoms with Gasteiger partial charge in [0.25, 0.3) is 5.91 Å². The van der Waals surface area contributed by atoms with Gasteiger partial charge in [0.1, 0.15) is 17.6 Å². The average Bonchev–Trinajstić information content (AvgIpc) is 2.61. The van der Waals surface area contributed by atoms with Crippen LogP contribution in [0.15, 0.2) is 48.8 Å². The molecule has 5 heteroatoms. The Morgan fingerprint density at radius 2 is 1.92 bits per heavy atom. The summed E-state index contributed by atoms with van der Waals surface area (Å²) in [4.78, 5) is 18.1. The third-order valence-corrected chi connectivity index (χ3v) is 4.10. The second-order valence-corrected chi connectivity index (χ2v) is 5.99. The lowest BCUT2D eigenvalue weighted by atomic mass is 10.1. The number of piperidine rings is 1. The Morgan fingerprint density at radius 1 is 1.17 bits per heavy atom. The van der Waals surface area contributed by atoms with Crippen LogP contribution in [0.2, 0.25) is 0 Å². The molecule has 3 rings (SSSR count). The van der Waals surface area contributed by atoms with Gasteiger partial charge in [0.05, 0.1) is 0 Å². The van der Waals surface area contributed by atoms with Crippen molar-refractivity contribution in [1.82, 2.24) is 9.88 Å². The summed E-state index contributed by atoms with van der Waals surface area (Å²) in [7, 11) is 0. The fourth-order valence-electron chi connectivity index (χ4n) is 2.77. The first-order chi connectivity index (χ1) is 11.7. The summed E-state index contributed by atoms with van der Waals surface area (Å²) in [5.41, 5.74) is 1.12. The van der Waals surface area contributed by atoms with Crippen molar-refractivity contribution in [3.8, 4) is 11.5 Å². The molecule has 0 N–H and O–H groups in total. The number of nitrogens with zero attached hydrogens (tertiary/aromatic N) is 2. The molecule has 0 saturated carbocycles. The van der Waals surface area contributed by atoms with E-state index in [2.05, 4.69) is 4.98 Å². The Bertz CT molecular complexity index is 667. The molecule has 0 unspecified atom stereocenters. The van der Waals surface area contributed by atoms with Gasteiger partial charge in [-0.2, -0.15) is 0 Å². The topological polar surface area (TPSA) is 51.7 Å². The highest BCUT2D eigenvalue weighted by atomic mass is 16.5. The van der Waals surface area contributed by atoms with Crippen molar-refractivity contribution >= 4 is 5.91 Å². The fraction of sp³-hybridized carbons (Fsp3) is 0.368. The molecule has 1 aliphatic heterocycles. The molecule has 0 aliphatic carbocycles. The van der Waals surface area contributed by atoms with Crippen LogP contribution in [-0.2, 0) is 4.79 Å². The molecule has 0 spiro atoms. The van der Waals surface area contributed by atoms with Crippen LogP contribution >= 0.6 is 0 Å². The number of carbonyl (C=O) groups is 1. The Morgan fingerprint density at radius 3 is 2.62 bits per heavy atom. The number of ether oxygens (including phenoxy) is 2. The summed E-state index contributed by atoms with van der Waals surface area (Å²) in [5.74, 6) is 1.59. The molecule has 24 heavy (non-hydrogen) atoms. The largest absolute Gasteiger partial charge is 0.490 e. The number of hydrogen-bond donors (Lipinski definition) is 0. The first-order valence-electron chi connectivity index (χ1n) is 8.24. The average molecular weight is 326 g/mol. The molecule has 2 aromatic rings. The number of carbonyl (C=O) groups excluding carboxylic acids is 1. The van der Waals surface area contributed by atoms with E-state index in [1.807, 2.05) is 48.2 Å². The number of hydrogen-bond acceptors (Lipinski definition) is 4. The third kappa shape index (κ3) is 4.47. The molecule has 1 aliphatic rings. The van der Waals surface area contributed by atoms with E-state index in [0.717, 1.165) is 29.9 Å². The first-order valence-corrected chi connectivity index (χ1v) is 8.24. The monoisotopic (exact) mass is 326 g/mol. The molecule has 2 heterocycles. The van der Waals surface area contributed by atoms with Gasteiger partial charge in [0.2, 0.25) is 0 Å². The van der Waals surface area contributed by atoms with Crippen molar-refractivity contribution in [2.75, 3.05) is 19.7 Å². The van der Waals surface area contributed by atoms with Gasteiger partial charge in [-0.1, -0.05) is 12.1 Å². The molecule has 1 amide bonds. The minimum atomic E-state index is 0.0267. The number of amides is 1. The minimum Gasteiger partial charge on any atom is -0.490 e. The van der Waals surface area contributed by atoms with Gasteiger partial charge in [-0.3, -0.25) is 9.78 Å². The Hall–Kier alpha value is -2.56. The van der Waals surface area contributed by atoms with E-state index in [-0.39, 0.29) is 18.6 Å². The Balaban J connectivity index is 1.43. The number of aromatic nitrogens is 1. The summed E-state index contributed by atoms with van der Waals surface area (Å²) < 4.78 is 11.5. The maximum Gasteiger partial charge on any atom is 0.260 e. The van der Waals surface area contributed by atoms with Crippen molar-refractivity contribution < 1.29 is 14.3 Å². The summed E-state index contributed by atoms with van der Waals surface area (Å²) in [6.45, 7) is 3.49. The zero-order chi connectivity index (χ0) is 16.8. The van der Waals surface area contributed by atoms with Gasteiger partial charge < -0.3 is 14.4 Å². The SMILES string of the molecule is Cc1cccc(OCC(=O)N2CCC(Oc3ccncc3)CC2)c1. The molecule has 0 radical (unpaired) electrons. The van der Waals surface area contributed by atoms with Crippen LogP contribution in [0, 0.1) is 6.92 Å². The molecular formula is C19H22N2O3. The first kappa shape index (κ1) is 16.3. The maximum absolute atomic E-state index is 12.3. The zero-order valence-electron chi connectivity index (χ0n) is 13.9. The van der Waals surface area contributed by atoms with E-state index in [1.54, 1.807) is 12.4 Å². The Labute approximate surface area is 142 Å². The smallest absolute Gasteiger partial charge is 0.260 e. The lowest BCUT2D eigenvalue weighted by Gasteiger charge is -2.32. The van der Waals surface area contributed by atoms with Gasteiger partial charge in [-0.25, -0.2) is 0 Å². The highest BCUT2D eigenvalue weighted by molar-refractivity contribution is 5.77. The molecule has 1 aromatic heterocycles. The second-order valence-electron chi connectivity index (χ2n) is 5.99. The highest BCUT2D eigenvalue weighted by Crippen LogP contribution is 2.18. The van der Waals surface area contributed by atoms with E-state index in [9.17, 15) is 4.79 Å². The van der Waals surface area contributed by atoms with E-state index in [4.69, 9.17) is 9.47 Å². The highest BCUT2D eigenvalue weighted by Gasteiger charge is 2.24. The molecular weight excluding hydrogens is 304 g/mol. The molecule has 1 aromatic carbocycles. The standard InChI is InChI=1S/C19H22N2O3/c1-15-3-2-4-18(13-15)23-14-19(22)21-11-7-17(8-12-21)24-16-5-9-20-10-6-16/h2-6,9-10,13,17H,7-8,11-12,14H2,1H3. The van der Waals surface area contributed by atoms with E-state index >= 15 is 0 Å². The number of rotatable bonds is 5. The van der Waals surface area contributed by atoms with E-state index in [1.165, 1.54) is 0 Å². The summed E-state index contributed by atoms with van der Waals surface area (Å²) in [6.07, 6.45) is 5.25. The van der Waals surface area contributed by atoms with E-state index < -0.39 is 0 Å². The predicted octanol–water partition coefficient (Wildman–Crippen LogP) is 2.84. The number of pyridine rings is 1. The van der Waals surface area contributed by atoms with Crippen LogP contribution in [0.4, 0.5) is 0 Å². The van der Waals surface area contributed by atoms with Gasteiger partial charge in [-0.05, 0) is 36.8 Å². The van der Waals surface area contributed by atoms with Crippen LogP contribution in [0.3, 0.4) is 0 Å². The number of likely N-dealkylation sites (tertiary alicyclic amines) is 1.